The van der Waals surface area contributed by atoms with Crippen LogP contribution in [0.2, 0.25) is 0 Å². The Labute approximate surface area is 96.7 Å². The molecule has 2 heterocycles. The molecule has 0 bridgehead atoms. The third-order valence-electron chi connectivity index (χ3n) is 2.30. The van der Waals surface area contributed by atoms with Crippen molar-refractivity contribution in [1.29, 1.82) is 0 Å². The first-order chi connectivity index (χ1) is 7.86. The van der Waals surface area contributed by atoms with Crippen molar-refractivity contribution in [3.8, 4) is 11.4 Å². The van der Waals surface area contributed by atoms with Crippen molar-refractivity contribution in [2.75, 3.05) is 0 Å². The first-order valence-electron chi connectivity index (χ1n) is 4.76. The molecule has 0 fully saturated rings. The number of rotatable bonds is 1. The van der Waals surface area contributed by atoms with E-state index in [0.717, 1.165) is 5.56 Å². The summed E-state index contributed by atoms with van der Waals surface area (Å²) in [7, 11) is 0. The third-order valence-corrected chi connectivity index (χ3v) is 2.62. The number of hydrogen-bond donors (Lipinski definition) is 0. The van der Waals surface area contributed by atoms with Crippen LogP contribution in [0.5, 0.6) is 0 Å². The van der Waals surface area contributed by atoms with Crippen LogP contribution < -0.4 is 0 Å². The van der Waals surface area contributed by atoms with E-state index >= 15 is 0 Å². The molecule has 4 nitrogen and oxygen atoms in total. The molecular weight excluding hydrogens is 224 g/mol. The van der Waals surface area contributed by atoms with Gasteiger partial charge >= 0.3 is 0 Å². The summed E-state index contributed by atoms with van der Waals surface area (Å²) in [6, 6.07) is 9.74. The molecule has 0 N–H and O–H groups in total. The van der Waals surface area contributed by atoms with Crippen molar-refractivity contribution in [2.24, 2.45) is 0 Å². The number of aromatic nitrogens is 4. The maximum atomic E-state index is 6.16. The van der Waals surface area contributed by atoms with Crippen LogP contribution in [0.3, 0.4) is 0 Å². The topological polar surface area (TPSA) is 43.6 Å². The molecular formula is C11H7ClN4. The molecule has 0 aliphatic carbocycles. The highest BCUT2D eigenvalue weighted by Crippen LogP contribution is 2.23. The lowest BCUT2D eigenvalue weighted by Gasteiger charge is -1.97. The summed E-state index contributed by atoms with van der Waals surface area (Å²) in [6.07, 6.45) is 3.10. The molecule has 0 saturated heterocycles. The van der Waals surface area contributed by atoms with Gasteiger partial charge in [-0.15, -0.1) is 0 Å². The fourth-order valence-corrected chi connectivity index (χ4v) is 1.83. The Kier molecular flexibility index (Phi) is 2.08. The Bertz CT molecular complexity index is 633. The minimum atomic E-state index is 0.621. The second-order valence-corrected chi connectivity index (χ2v) is 3.65. The number of fused-ring (bicyclic) bond motifs is 1. The lowest BCUT2D eigenvalue weighted by molar-refractivity contribution is 1.17. The molecule has 16 heavy (non-hydrogen) atoms. The van der Waals surface area contributed by atoms with Crippen LogP contribution in [-0.4, -0.2) is 19.0 Å². The van der Waals surface area contributed by atoms with Gasteiger partial charge in [0.2, 0.25) is 0 Å². The summed E-state index contributed by atoms with van der Waals surface area (Å²) in [5.74, 6) is 0.678. The second-order valence-electron chi connectivity index (χ2n) is 3.31. The molecule has 0 radical (unpaired) electrons. The molecule has 5 heteroatoms. The summed E-state index contributed by atoms with van der Waals surface area (Å²) >= 11 is 6.16. The predicted octanol–water partition coefficient (Wildman–Crippen LogP) is 2.50. The average Bonchev–Trinajstić information content (AvgIpc) is 2.69. The molecule has 3 rings (SSSR count). The summed E-state index contributed by atoms with van der Waals surface area (Å²) < 4.78 is 1.45. The predicted molar refractivity (Wildman–Crippen MR) is 62.0 cm³/mol. The lowest BCUT2D eigenvalue weighted by Crippen LogP contribution is -1.87. The number of halogens is 1. The summed E-state index contributed by atoms with van der Waals surface area (Å²) in [4.78, 5) is 12.4. The van der Waals surface area contributed by atoms with E-state index in [1.807, 2.05) is 30.3 Å². The molecule has 1 aromatic carbocycles. The van der Waals surface area contributed by atoms with Gasteiger partial charge in [0.25, 0.3) is 0 Å². The van der Waals surface area contributed by atoms with Crippen molar-refractivity contribution < 1.29 is 0 Å². The molecule has 0 saturated carbocycles. The zero-order chi connectivity index (χ0) is 11.0. The van der Waals surface area contributed by atoms with Crippen molar-refractivity contribution in [1.82, 2.24) is 19.0 Å². The third kappa shape index (κ3) is 1.35. The SMILES string of the molecule is Cln1c(-c2ccccc2)nc2cncnc21. The normalized spacial score (nSPS) is 10.8. The number of benzene rings is 1. The van der Waals surface area contributed by atoms with Gasteiger partial charge in [-0.1, -0.05) is 30.3 Å². The van der Waals surface area contributed by atoms with Gasteiger partial charge in [0.15, 0.2) is 11.5 Å². The van der Waals surface area contributed by atoms with E-state index in [4.69, 9.17) is 11.8 Å². The zero-order valence-corrected chi connectivity index (χ0v) is 8.96. The highest BCUT2D eigenvalue weighted by Gasteiger charge is 2.11. The van der Waals surface area contributed by atoms with Gasteiger partial charge in [-0.3, -0.25) is 0 Å². The van der Waals surface area contributed by atoms with Gasteiger partial charge in [-0.25, -0.2) is 19.0 Å². The first-order valence-corrected chi connectivity index (χ1v) is 5.10. The summed E-state index contributed by atoms with van der Waals surface area (Å²) in [5.41, 5.74) is 2.27. The second kappa shape index (κ2) is 3.57. The molecule has 0 amide bonds. The monoisotopic (exact) mass is 230 g/mol. The standard InChI is InChI=1S/C11H7ClN4/c12-16-10(8-4-2-1-3-5-8)15-9-6-13-7-14-11(9)16/h1-7H. The molecule has 0 atom stereocenters. The Morgan fingerprint density at radius 2 is 1.94 bits per heavy atom. The van der Waals surface area contributed by atoms with Crippen molar-refractivity contribution in [2.45, 2.75) is 0 Å². The minimum absolute atomic E-state index is 0.621. The van der Waals surface area contributed by atoms with Crippen molar-refractivity contribution in [3.63, 3.8) is 0 Å². The van der Waals surface area contributed by atoms with Crippen LogP contribution in [0.15, 0.2) is 42.9 Å². The van der Waals surface area contributed by atoms with Gasteiger partial charge in [0, 0.05) is 17.3 Å². The Morgan fingerprint density at radius 1 is 1.12 bits per heavy atom. The molecule has 2 aromatic heterocycles. The molecule has 0 unspecified atom stereocenters. The van der Waals surface area contributed by atoms with Gasteiger partial charge in [-0.05, 0) is 0 Å². The smallest absolute Gasteiger partial charge is 0.178 e. The van der Waals surface area contributed by atoms with Crippen LogP contribution in [0.4, 0.5) is 0 Å². The fourth-order valence-electron chi connectivity index (χ4n) is 1.57. The van der Waals surface area contributed by atoms with E-state index in [1.165, 1.54) is 10.4 Å². The Hall–Kier alpha value is -1.94. The van der Waals surface area contributed by atoms with E-state index in [0.29, 0.717) is 17.0 Å². The number of imidazole rings is 1. The van der Waals surface area contributed by atoms with Crippen molar-refractivity contribution >= 4 is 22.9 Å². The lowest BCUT2D eigenvalue weighted by atomic mass is 10.2. The van der Waals surface area contributed by atoms with Gasteiger partial charge in [0.05, 0.1) is 6.20 Å². The van der Waals surface area contributed by atoms with E-state index in [-0.39, 0.29) is 0 Å². The minimum Gasteiger partial charge on any atom is -0.242 e. The van der Waals surface area contributed by atoms with E-state index < -0.39 is 0 Å². The van der Waals surface area contributed by atoms with E-state index in [9.17, 15) is 0 Å². The van der Waals surface area contributed by atoms with Crippen LogP contribution in [-0.2, 0) is 0 Å². The van der Waals surface area contributed by atoms with Crippen molar-refractivity contribution in [3.05, 3.63) is 42.9 Å². The van der Waals surface area contributed by atoms with Gasteiger partial charge in [0.1, 0.15) is 11.8 Å². The Balaban J connectivity index is 2.29. The maximum Gasteiger partial charge on any atom is 0.178 e. The van der Waals surface area contributed by atoms with Gasteiger partial charge < -0.3 is 0 Å². The summed E-state index contributed by atoms with van der Waals surface area (Å²) in [5, 5.41) is 0. The van der Waals surface area contributed by atoms with Crippen LogP contribution in [0, 0.1) is 0 Å². The van der Waals surface area contributed by atoms with E-state index in [2.05, 4.69) is 15.0 Å². The molecule has 78 valence electrons. The highest BCUT2D eigenvalue weighted by molar-refractivity contribution is 6.20. The van der Waals surface area contributed by atoms with E-state index in [1.54, 1.807) is 6.20 Å². The molecule has 0 aliphatic heterocycles. The summed E-state index contributed by atoms with van der Waals surface area (Å²) in [6.45, 7) is 0. The Morgan fingerprint density at radius 3 is 2.69 bits per heavy atom. The van der Waals surface area contributed by atoms with Crippen LogP contribution in [0.1, 0.15) is 0 Å². The largest absolute Gasteiger partial charge is 0.242 e. The fraction of sp³-hybridized carbons (Fsp3) is 0. The quantitative estimate of drug-likeness (QED) is 0.645. The molecule has 3 aromatic rings. The molecule has 0 aliphatic rings. The maximum absolute atomic E-state index is 6.16. The first kappa shape index (κ1) is 9.30. The average molecular weight is 231 g/mol. The number of hydrogen-bond acceptors (Lipinski definition) is 3. The number of nitrogens with zero attached hydrogens (tertiary/aromatic N) is 4. The van der Waals surface area contributed by atoms with Gasteiger partial charge in [-0.2, -0.15) is 0 Å². The zero-order valence-electron chi connectivity index (χ0n) is 8.21. The van der Waals surface area contributed by atoms with Crippen LogP contribution in [0.25, 0.3) is 22.6 Å². The molecule has 0 spiro atoms. The van der Waals surface area contributed by atoms with Crippen LogP contribution >= 0.6 is 11.8 Å². The highest BCUT2D eigenvalue weighted by atomic mass is 35.5.